The van der Waals surface area contributed by atoms with E-state index in [4.69, 9.17) is 21.1 Å². The summed E-state index contributed by atoms with van der Waals surface area (Å²) in [5, 5.41) is 0.305. The summed E-state index contributed by atoms with van der Waals surface area (Å²) in [6, 6.07) is 0. The maximum atomic E-state index is 12.2. The standard InChI is InChI=1S/C16H24ClN3O3/c1-11-10-20(15(21)23-16(2,3)4)7-5-6-12(11)22-14-9-18-8-13(17)19-14/h8-9,11-12H,5-7,10H2,1-4H3/t11-,12+/m0/s1. The molecule has 0 aromatic carbocycles. The fourth-order valence-electron chi connectivity index (χ4n) is 2.53. The van der Waals surface area contributed by atoms with Crippen LogP contribution in [0.1, 0.15) is 40.5 Å². The molecule has 0 saturated carbocycles. The van der Waals surface area contributed by atoms with Gasteiger partial charge < -0.3 is 14.4 Å². The maximum absolute atomic E-state index is 12.2. The summed E-state index contributed by atoms with van der Waals surface area (Å²) in [4.78, 5) is 22.1. The lowest BCUT2D eigenvalue weighted by Crippen LogP contribution is -2.40. The van der Waals surface area contributed by atoms with Gasteiger partial charge in [-0.3, -0.25) is 4.98 Å². The molecule has 128 valence electrons. The van der Waals surface area contributed by atoms with Gasteiger partial charge in [0.25, 0.3) is 0 Å². The van der Waals surface area contributed by atoms with Crippen LogP contribution in [0.3, 0.4) is 0 Å². The first-order valence-electron chi connectivity index (χ1n) is 7.87. The maximum Gasteiger partial charge on any atom is 0.410 e. The fraction of sp³-hybridized carbons (Fsp3) is 0.688. The zero-order chi connectivity index (χ0) is 17.0. The predicted octanol–water partition coefficient (Wildman–Crippen LogP) is 3.54. The van der Waals surface area contributed by atoms with Crippen molar-refractivity contribution in [3.8, 4) is 5.88 Å². The molecule has 1 aromatic rings. The normalized spacial score (nSPS) is 22.4. The number of hydrogen-bond acceptors (Lipinski definition) is 5. The largest absolute Gasteiger partial charge is 0.473 e. The summed E-state index contributed by atoms with van der Waals surface area (Å²) < 4.78 is 11.4. The van der Waals surface area contributed by atoms with Crippen LogP contribution in [-0.4, -0.2) is 45.8 Å². The third kappa shape index (κ3) is 5.53. The van der Waals surface area contributed by atoms with Gasteiger partial charge in [0.2, 0.25) is 5.88 Å². The van der Waals surface area contributed by atoms with Gasteiger partial charge in [-0.05, 0) is 33.6 Å². The van der Waals surface area contributed by atoms with Gasteiger partial charge in [-0.1, -0.05) is 18.5 Å². The number of carbonyl (C=O) groups is 1. The van der Waals surface area contributed by atoms with E-state index in [1.165, 1.54) is 6.20 Å². The first kappa shape index (κ1) is 17.8. The summed E-state index contributed by atoms with van der Waals surface area (Å²) in [5.41, 5.74) is -0.487. The molecule has 23 heavy (non-hydrogen) atoms. The van der Waals surface area contributed by atoms with E-state index < -0.39 is 5.60 Å². The summed E-state index contributed by atoms with van der Waals surface area (Å²) in [5.74, 6) is 0.575. The van der Waals surface area contributed by atoms with Crippen molar-refractivity contribution in [2.24, 2.45) is 5.92 Å². The molecule has 0 radical (unpaired) electrons. The van der Waals surface area contributed by atoms with Gasteiger partial charge in [0.15, 0.2) is 5.15 Å². The molecule has 0 spiro atoms. The van der Waals surface area contributed by atoms with Crippen LogP contribution >= 0.6 is 11.6 Å². The van der Waals surface area contributed by atoms with E-state index in [-0.39, 0.29) is 18.1 Å². The minimum absolute atomic E-state index is 0.0322. The zero-order valence-electron chi connectivity index (χ0n) is 14.1. The van der Waals surface area contributed by atoms with Crippen molar-refractivity contribution >= 4 is 17.7 Å². The first-order chi connectivity index (χ1) is 10.7. The number of halogens is 1. The van der Waals surface area contributed by atoms with E-state index in [0.717, 1.165) is 12.8 Å². The quantitative estimate of drug-likeness (QED) is 0.823. The molecule has 0 N–H and O–H groups in total. The number of carbonyl (C=O) groups excluding carboxylic acids is 1. The summed E-state index contributed by atoms with van der Waals surface area (Å²) in [6.07, 6.45) is 4.41. The Morgan fingerprint density at radius 1 is 1.39 bits per heavy atom. The molecule has 0 bridgehead atoms. The number of ether oxygens (including phenoxy) is 2. The van der Waals surface area contributed by atoms with Gasteiger partial charge in [-0.15, -0.1) is 0 Å². The highest BCUT2D eigenvalue weighted by molar-refractivity contribution is 6.29. The van der Waals surface area contributed by atoms with E-state index in [1.807, 2.05) is 20.8 Å². The lowest BCUT2D eigenvalue weighted by atomic mass is 10.0. The predicted molar refractivity (Wildman–Crippen MR) is 87.7 cm³/mol. The molecule has 6 nitrogen and oxygen atoms in total. The molecule has 1 aromatic heterocycles. The summed E-state index contributed by atoms with van der Waals surface area (Å²) >= 11 is 5.83. The molecule has 1 aliphatic heterocycles. The van der Waals surface area contributed by atoms with Crippen LogP contribution in [-0.2, 0) is 4.74 Å². The van der Waals surface area contributed by atoms with Crippen LogP contribution in [0, 0.1) is 5.92 Å². The van der Waals surface area contributed by atoms with Gasteiger partial charge >= 0.3 is 6.09 Å². The molecule has 1 amide bonds. The lowest BCUT2D eigenvalue weighted by molar-refractivity contribution is 0.0218. The van der Waals surface area contributed by atoms with Crippen molar-refractivity contribution in [3.63, 3.8) is 0 Å². The smallest absolute Gasteiger partial charge is 0.410 e. The molecule has 1 aliphatic rings. The Balaban J connectivity index is 1.98. The Morgan fingerprint density at radius 3 is 2.78 bits per heavy atom. The molecule has 1 saturated heterocycles. The van der Waals surface area contributed by atoms with Crippen LogP contribution < -0.4 is 4.74 Å². The van der Waals surface area contributed by atoms with Crippen LogP contribution in [0.5, 0.6) is 5.88 Å². The minimum Gasteiger partial charge on any atom is -0.473 e. The molecule has 1 fully saturated rings. The second-order valence-corrected chi connectivity index (χ2v) is 7.27. The van der Waals surface area contributed by atoms with Crippen molar-refractivity contribution in [3.05, 3.63) is 17.5 Å². The van der Waals surface area contributed by atoms with E-state index in [0.29, 0.717) is 24.1 Å². The highest BCUT2D eigenvalue weighted by Gasteiger charge is 2.30. The Bertz CT molecular complexity index is 548. The van der Waals surface area contributed by atoms with Crippen molar-refractivity contribution in [1.29, 1.82) is 0 Å². The Labute approximate surface area is 142 Å². The lowest BCUT2D eigenvalue weighted by Gasteiger charge is -2.28. The van der Waals surface area contributed by atoms with Gasteiger partial charge in [0.1, 0.15) is 11.7 Å². The summed E-state index contributed by atoms with van der Waals surface area (Å²) in [7, 11) is 0. The molecule has 2 rings (SSSR count). The first-order valence-corrected chi connectivity index (χ1v) is 8.24. The van der Waals surface area contributed by atoms with E-state index in [1.54, 1.807) is 11.1 Å². The molecule has 7 heteroatoms. The molecular formula is C16H24ClN3O3. The highest BCUT2D eigenvalue weighted by Crippen LogP contribution is 2.23. The molecular weight excluding hydrogens is 318 g/mol. The van der Waals surface area contributed by atoms with E-state index >= 15 is 0 Å². The van der Waals surface area contributed by atoms with Crippen LogP contribution in [0.15, 0.2) is 12.4 Å². The van der Waals surface area contributed by atoms with E-state index in [2.05, 4.69) is 16.9 Å². The van der Waals surface area contributed by atoms with Gasteiger partial charge in [0.05, 0.1) is 12.4 Å². The number of nitrogens with zero attached hydrogens (tertiary/aromatic N) is 3. The number of amides is 1. The van der Waals surface area contributed by atoms with Crippen molar-refractivity contribution < 1.29 is 14.3 Å². The van der Waals surface area contributed by atoms with Gasteiger partial charge in [0, 0.05) is 19.0 Å². The number of rotatable bonds is 2. The fourth-order valence-corrected chi connectivity index (χ4v) is 2.67. The van der Waals surface area contributed by atoms with Crippen molar-refractivity contribution in [2.45, 2.75) is 52.2 Å². The number of hydrogen-bond donors (Lipinski definition) is 0. The van der Waals surface area contributed by atoms with Gasteiger partial charge in [-0.2, -0.15) is 4.98 Å². The van der Waals surface area contributed by atoms with Gasteiger partial charge in [-0.25, -0.2) is 4.79 Å². The minimum atomic E-state index is -0.487. The molecule has 0 unspecified atom stereocenters. The molecule has 2 atom stereocenters. The average Bonchev–Trinajstić information content (AvgIpc) is 2.60. The highest BCUT2D eigenvalue weighted by atomic mass is 35.5. The molecule has 0 aliphatic carbocycles. The number of likely N-dealkylation sites (tertiary alicyclic amines) is 1. The monoisotopic (exact) mass is 341 g/mol. The van der Waals surface area contributed by atoms with Crippen molar-refractivity contribution in [1.82, 2.24) is 14.9 Å². The third-order valence-electron chi connectivity index (χ3n) is 3.57. The zero-order valence-corrected chi connectivity index (χ0v) is 14.8. The second kappa shape index (κ2) is 7.34. The van der Waals surface area contributed by atoms with Crippen LogP contribution in [0.25, 0.3) is 0 Å². The Kier molecular flexibility index (Phi) is 5.68. The summed E-state index contributed by atoms with van der Waals surface area (Å²) in [6.45, 7) is 8.93. The van der Waals surface area contributed by atoms with Crippen LogP contribution in [0.2, 0.25) is 5.15 Å². The van der Waals surface area contributed by atoms with Crippen LogP contribution in [0.4, 0.5) is 4.79 Å². The molecule has 2 heterocycles. The van der Waals surface area contributed by atoms with Crippen molar-refractivity contribution in [2.75, 3.05) is 13.1 Å². The van der Waals surface area contributed by atoms with E-state index in [9.17, 15) is 4.79 Å². The topological polar surface area (TPSA) is 64.6 Å². The third-order valence-corrected chi connectivity index (χ3v) is 3.75. The number of aromatic nitrogens is 2. The SMILES string of the molecule is C[C@H]1CN(C(=O)OC(C)(C)C)CCC[C@H]1Oc1cncc(Cl)n1. The Morgan fingerprint density at radius 2 is 2.13 bits per heavy atom. The second-order valence-electron chi connectivity index (χ2n) is 6.88. The average molecular weight is 342 g/mol. The Hall–Kier alpha value is -1.56.